The van der Waals surface area contributed by atoms with Crippen molar-refractivity contribution in [2.24, 2.45) is 11.8 Å². The van der Waals surface area contributed by atoms with Crippen molar-refractivity contribution in [3.8, 4) is 0 Å². The SMILES string of the molecule is CCCC(F)(F)C[C@H]1CN[C@H](C(=O)N[C@H](C(C)C)[C@H]2O[C@H](SC)[C@H](O)[C@@H](O)[C@H]2O)C1. The number of amides is 1. The Hall–Kier alpha value is -0.520. The zero-order valence-electron chi connectivity index (χ0n) is 18.1. The highest BCUT2D eigenvalue weighted by molar-refractivity contribution is 7.99. The number of carbonyl (C=O) groups is 1. The van der Waals surface area contributed by atoms with E-state index < -0.39 is 47.9 Å². The van der Waals surface area contributed by atoms with Gasteiger partial charge in [-0.15, -0.1) is 11.8 Å². The van der Waals surface area contributed by atoms with Crippen molar-refractivity contribution >= 4 is 17.7 Å². The predicted molar refractivity (Wildman–Crippen MR) is 111 cm³/mol. The van der Waals surface area contributed by atoms with Crippen LogP contribution in [0.3, 0.4) is 0 Å². The Morgan fingerprint density at radius 3 is 2.50 bits per heavy atom. The van der Waals surface area contributed by atoms with Crippen molar-refractivity contribution in [3.05, 3.63) is 0 Å². The van der Waals surface area contributed by atoms with Crippen LogP contribution in [0.5, 0.6) is 0 Å². The fourth-order valence-corrected chi connectivity index (χ4v) is 4.99. The summed E-state index contributed by atoms with van der Waals surface area (Å²) in [4.78, 5) is 12.8. The third kappa shape index (κ3) is 6.26. The molecule has 0 spiro atoms. The van der Waals surface area contributed by atoms with E-state index in [-0.39, 0.29) is 30.6 Å². The second-order valence-corrected chi connectivity index (χ2v) is 9.76. The molecular weight excluding hydrogens is 418 g/mol. The molecule has 0 aromatic heterocycles. The maximum atomic E-state index is 13.9. The molecule has 5 N–H and O–H groups in total. The maximum Gasteiger partial charge on any atom is 0.248 e. The second kappa shape index (κ2) is 10.9. The predicted octanol–water partition coefficient (Wildman–Crippen LogP) is 1.10. The highest BCUT2D eigenvalue weighted by atomic mass is 32.2. The lowest BCUT2D eigenvalue weighted by molar-refractivity contribution is -0.208. The second-order valence-electron chi connectivity index (χ2n) is 8.83. The Kier molecular flexibility index (Phi) is 9.33. The van der Waals surface area contributed by atoms with Crippen molar-refractivity contribution < 1.29 is 33.6 Å². The lowest BCUT2D eigenvalue weighted by Crippen LogP contribution is -2.64. The molecule has 8 atom stereocenters. The number of aliphatic hydroxyl groups excluding tert-OH is 3. The van der Waals surface area contributed by atoms with E-state index in [1.807, 2.05) is 13.8 Å². The first-order valence-corrected chi connectivity index (χ1v) is 11.9. The Morgan fingerprint density at radius 1 is 1.27 bits per heavy atom. The van der Waals surface area contributed by atoms with Crippen molar-refractivity contribution in [1.82, 2.24) is 10.6 Å². The number of ether oxygens (including phenoxy) is 1. The smallest absolute Gasteiger partial charge is 0.248 e. The molecule has 0 aliphatic carbocycles. The van der Waals surface area contributed by atoms with E-state index in [2.05, 4.69) is 10.6 Å². The zero-order chi connectivity index (χ0) is 22.6. The number of hydrogen-bond donors (Lipinski definition) is 5. The van der Waals surface area contributed by atoms with Crippen molar-refractivity contribution in [2.45, 2.75) is 94.3 Å². The van der Waals surface area contributed by atoms with Crippen LogP contribution >= 0.6 is 11.8 Å². The molecule has 2 aliphatic rings. The molecule has 2 saturated heterocycles. The van der Waals surface area contributed by atoms with Crippen LogP contribution in [0.1, 0.15) is 46.5 Å². The van der Waals surface area contributed by atoms with Gasteiger partial charge in [0.1, 0.15) is 29.9 Å². The van der Waals surface area contributed by atoms with E-state index in [9.17, 15) is 28.9 Å². The van der Waals surface area contributed by atoms with Gasteiger partial charge in [0.2, 0.25) is 11.8 Å². The topological polar surface area (TPSA) is 111 Å². The molecule has 2 fully saturated rings. The standard InChI is InChI=1S/C20H36F2N2O5S/c1-5-6-20(21,22)8-11-7-12(23-9-11)18(28)24-13(10(2)3)17-15(26)14(25)16(27)19(29-17)30-4/h10-17,19,23,25-27H,5-9H2,1-4H3,(H,24,28)/t11-,12-,13+,14-,15+,16+,17+,19+/m0/s1. The van der Waals surface area contributed by atoms with Gasteiger partial charge in [0.05, 0.1) is 12.1 Å². The Bertz CT molecular complexity index is 569. The summed E-state index contributed by atoms with van der Waals surface area (Å²) in [6.07, 6.45) is -2.86. The van der Waals surface area contributed by atoms with E-state index in [0.29, 0.717) is 19.4 Å². The van der Waals surface area contributed by atoms with Crippen LogP contribution in [0.25, 0.3) is 0 Å². The van der Waals surface area contributed by atoms with Gasteiger partial charge in [0, 0.05) is 12.8 Å². The molecule has 0 saturated carbocycles. The number of nitrogens with one attached hydrogen (secondary N) is 2. The van der Waals surface area contributed by atoms with E-state index in [4.69, 9.17) is 4.74 Å². The highest BCUT2D eigenvalue weighted by Gasteiger charge is 2.48. The van der Waals surface area contributed by atoms with Crippen molar-refractivity contribution in [2.75, 3.05) is 12.8 Å². The van der Waals surface area contributed by atoms with Gasteiger partial charge in [-0.1, -0.05) is 27.2 Å². The number of aliphatic hydroxyl groups is 3. The summed E-state index contributed by atoms with van der Waals surface area (Å²) >= 11 is 1.21. The Labute approximate surface area is 181 Å². The third-order valence-corrected chi connectivity index (χ3v) is 6.82. The molecule has 176 valence electrons. The minimum absolute atomic E-state index is 0.135. The summed E-state index contributed by atoms with van der Waals surface area (Å²) in [5.74, 6) is -3.48. The summed E-state index contributed by atoms with van der Waals surface area (Å²) in [5, 5.41) is 36.6. The number of hydrogen-bond acceptors (Lipinski definition) is 7. The zero-order valence-corrected chi connectivity index (χ0v) is 18.9. The largest absolute Gasteiger partial charge is 0.388 e. The number of carbonyl (C=O) groups excluding carboxylic acids is 1. The van der Waals surface area contributed by atoms with Crippen LogP contribution < -0.4 is 10.6 Å². The molecule has 10 heteroatoms. The van der Waals surface area contributed by atoms with Gasteiger partial charge in [0.25, 0.3) is 0 Å². The molecule has 2 rings (SSSR count). The summed E-state index contributed by atoms with van der Waals surface area (Å²) in [6, 6.07) is -1.21. The molecule has 0 bridgehead atoms. The number of thioether (sulfide) groups is 1. The van der Waals surface area contributed by atoms with Crippen LogP contribution in [-0.2, 0) is 9.53 Å². The minimum atomic E-state index is -2.73. The molecule has 7 nitrogen and oxygen atoms in total. The molecule has 30 heavy (non-hydrogen) atoms. The third-order valence-electron chi connectivity index (χ3n) is 5.96. The van der Waals surface area contributed by atoms with Crippen LogP contribution in [0.2, 0.25) is 0 Å². The molecule has 2 heterocycles. The van der Waals surface area contributed by atoms with Gasteiger partial charge >= 0.3 is 0 Å². The van der Waals surface area contributed by atoms with Gasteiger partial charge in [-0.05, 0) is 31.1 Å². The number of rotatable bonds is 9. The monoisotopic (exact) mass is 454 g/mol. The van der Waals surface area contributed by atoms with E-state index in [1.165, 1.54) is 11.8 Å². The molecule has 0 aromatic carbocycles. The van der Waals surface area contributed by atoms with E-state index >= 15 is 0 Å². The first kappa shape index (κ1) is 25.7. The number of alkyl halides is 2. The summed E-state index contributed by atoms with van der Waals surface area (Å²) in [5.41, 5.74) is -0.735. The maximum absolute atomic E-state index is 13.9. The first-order chi connectivity index (χ1) is 14.0. The molecular formula is C20H36F2N2O5S. The molecule has 0 aromatic rings. The van der Waals surface area contributed by atoms with E-state index in [1.54, 1.807) is 13.2 Å². The average molecular weight is 455 g/mol. The first-order valence-electron chi connectivity index (χ1n) is 10.6. The van der Waals surface area contributed by atoms with Crippen molar-refractivity contribution in [1.29, 1.82) is 0 Å². The fourth-order valence-electron chi connectivity index (χ4n) is 4.31. The molecule has 0 radical (unpaired) electrons. The lowest BCUT2D eigenvalue weighted by Gasteiger charge is -2.44. The fraction of sp³-hybridized carbons (Fsp3) is 0.950. The quantitative estimate of drug-likeness (QED) is 0.355. The Morgan fingerprint density at radius 2 is 1.93 bits per heavy atom. The van der Waals surface area contributed by atoms with Crippen LogP contribution in [0, 0.1) is 11.8 Å². The summed E-state index contributed by atoms with van der Waals surface area (Å²) in [7, 11) is 0. The van der Waals surface area contributed by atoms with Gasteiger partial charge in [-0.25, -0.2) is 8.78 Å². The lowest BCUT2D eigenvalue weighted by atomic mass is 9.88. The van der Waals surface area contributed by atoms with Gasteiger partial charge in [-0.2, -0.15) is 0 Å². The van der Waals surface area contributed by atoms with Crippen LogP contribution in [0.15, 0.2) is 0 Å². The minimum Gasteiger partial charge on any atom is -0.388 e. The number of halogens is 2. The molecule has 1 amide bonds. The van der Waals surface area contributed by atoms with Gasteiger partial charge in [0.15, 0.2) is 0 Å². The normalized spacial score (nSPS) is 36.1. The van der Waals surface area contributed by atoms with Crippen LogP contribution in [0.4, 0.5) is 8.78 Å². The van der Waals surface area contributed by atoms with E-state index in [0.717, 1.165) is 0 Å². The molecule has 0 unspecified atom stereocenters. The summed E-state index contributed by atoms with van der Waals surface area (Å²) < 4.78 is 33.7. The van der Waals surface area contributed by atoms with Gasteiger partial charge < -0.3 is 30.7 Å². The van der Waals surface area contributed by atoms with Crippen molar-refractivity contribution in [3.63, 3.8) is 0 Å². The highest BCUT2D eigenvalue weighted by Crippen LogP contribution is 2.33. The molecule has 2 aliphatic heterocycles. The Balaban J connectivity index is 2.01. The van der Waals surface area contributed by atoms with Crippen LogP contribution in [-0.4, -0.2) is 81.9 Å². The van der Waals surface area contributed by atoms with Gasteiger partial charge in [-0.3, -0.25) is 4.79 Å². The summed E-state index contributed by atoms with van der Waals surface area (Å²) in [6.45, 7) is 5.78. The average Bonchev–Trinajstić information content (AvgIpc) is 3.12.